The quantitative estimate of drug-likeness (QED) is 0.654. The minimum atomic E-state index is -2.80. The molecular weight excluding hydrogens is 274 g/mol. The number of hydrogen-bond acceptors (Lipinski definition) is 3. The number of nitrogens with one attached hydrogen (secondary N) is 1. The fourth-order valence-electron chi connectivity index (χ4n) is 2.17. The second-order valence-electron chi connectivity index (χ2n) is 5.31. The smallest absolute Gasteiger partial charge is 0.193 e. The monoisotopic (exact) mass is 295 g/mol. The molecule has 0 aliphatic carbocycles. The molecule has 2 rings (SSSR count). The van der Waals surface area contributed by atoms with Crippen LogP contribution in [-0.4, -0.2) is 32.4 Å². The fourth-order valence-corrected chi connectivity index (χ4v) is 3.76. The van der Waals surface area contributed by atoms with Crippen LogP contribution in [0.1, 0.15) is 18.4 Å². The molecule has 0 radical (unpaired) electrons. The van der Waals surface area contributed by atoms with E-state index in [0.29, 0.717) is 31.3 Å². The number of aliphatic imine (C=N–C) groups is 1. The topological polar surface area (TPSA) is 84.5 Å². The lowest BCUT2D eigenvalue weighted by Gasteiger charge is -2.20. The summed E-state index contributed by atoms with van der Waals surface area (Å²) in [4.78, 5) is 4.30. The van der Waals surface area contributed by atoms with Gasteiger partial charge < -0.3 is 11.1 Å². The Kier molecular flexibility index (Phi) is 4.65. The van der Waals surface area contributed by atoms with E-state index in [2.05, 4.69) is 10.3 Å². The first-order chi connectivity index (χ1) is 9.44. The summed E-state index contributed by atoms with van der Waals surface area (Å²) < 4.78 is 22.7. The van der Waals surface area contributed by atoms with Crippen molar-refractivity contribution in [2.45, 2.75) is 19.8 Å². The van der Waals surface area contributed by atoms with E-state index < -0.39 is 9.84 Å². The molecule has 1 aromatic carbocycles. The molecule has 0 aromatic heterocycles. The Morgan fingerprint density at radius 2 is 1.90 bits per heavy atom. The molecule has 20 heavy (non-hydrogen) atoms. The van der Waals surface area contributed by atoms with Gasteiger partial charge in [0.15, 0.2) is 5.96 Å². The predicted molar refractivity (Wildman–Crippen MR) is 82.7 cm³/mol. The van der Waals surface area contributed by atoms with Crippen molar-refractivity contribution in [2.75, 3.05) is 23.4 Å². The first kappa shape index (κ1) is 14.8. The van der Waals surface area contributed by atoms with Crippen LogP contribution in [0, 0.1) is 12.8 Å². The minimum Gasteiger partial charge on any atom is -0.370 e. The summed E-state index contributed by atoms with van der Waals surface area (Å²) in [5.74, 6) is 1.25. The lowest BCUT2D eigenvalue weighted by Crippen LogP contribution is -2.27. The number of benzene rings is 1. The van der Waals surface area contributed by atoms with E-state index in [9.17, 15) is 8.42 Å². The first-order valence-electron chi connectivity index (χ1n) is 6.79. The maximum Gasteiger partial charge on any atom is 0.193 e. The van der Waals surface area contributed by atoms with Gasteiger partial charge in [-0.1, -0.05) is 17.7 Å². The van der Waals surface area contributed by atoms with E-state index >= 15 is 0 Å². The van der Waals surface area contributed by atoms with Crippen molar-refractivity contribution in [1.29, 1.82) is 0 Å². The van der Waals surface area contributed by atoms with Crippen LogP contribution in [0.15, 0.2) is 29.3 Å². The molecule has 0 unspecified atom stereocenters. The third-order valence-corrected chi connectivity index (χ3v) is 5.23. The summed E-state index contributed by atoms with van der Waals surface area (Å²) in [5, 5.41) is 3.03. The number of guanidine groups is 1. The molecule has 0 bridgehead atoms. The average molecular weight is 295 g/mol. The summed E-state index contributed by atoms with van der Waals surface area (Å²) >= 11 is 0. The zero-order chi connectivity index (χ0) is 14.6. The number of rotatable bonds is 3. The van der Waals surface area contributed by atoms with Gasteiger partial charge >= 0.3 is 0 Å². The highest BCUT2D eigenvalue weighted by molar-refractivity contribution is 7.91. The highest BCUT2D eigenvalue weighted by Crippen LogP contribution is 2.19. The Balaban J connectivity index is 1.84. The van der Waals surface area contributed by atoms with Crippen LogP contribution >= 0.6 is 0 Å². The highest BCUT2D eigenvalue weighted by Gasteiger charge is 2.23. The summed E-state index contributed by atoms with van der Waals surface area (Å²) in [6.45, 7) is 2.61. The molecule has 1 aliphatic rings. The number of nitrogens with zero attached hydrogens (tertiary/aromatic N) is 1. The standard InChI is InChI=1S/C14H21N3O2S/c1-11-2-4-13(5-3-11)17-14(15)16-10-12-6-8-20(18,19)9-7-12/h2-5,12H,6-10H2,1H3,(H3,15,16,17). The maximum atomic E-state index is 11.3. The molecular formula is C14H21N3O2S. The summed E-state index contributed by atoms with van der Waals surface area (Å²) in [5.41, 5.74) is 7.93. The van der Waals surface area contributed by atoms with Crippen molar-refractivity contribution < 1.29 is 8.42 Å². The third-order valence-electron chi connectivity index (χ3n) is 3.52. The fraction of sp³-hybridized carbons (Fsp3) is 0.500. The van der Waals surface area contributed by atoms with Gasteiger partial charge in [0.25, 0.3) is 0 Å². The van der Waals surface area contributed by atoms with Crippen molar-refractivity contribution in [3.05, 3.63) is 29.8 Å². The lowest BCUT2D eigenvalue weighted by atomic mass is 10.0. The average Bonchev–Trinajstić information content (AvgIpc) is 2.40. The van der Waals surface area contributed by atoms with Crippen LogP contribution in [-0.2, 0) is 9.84 Å². The Bertz CT molecular complexity index is 565. The van der Waals surface area contributed by atoms with Gasteiger partial charge in [-0.05, 0) is 37.8 Å². The Labute approximate surface area is 120 Å². The van der Waals surface area contributed by atoms with E-state index in [1.807, 2.05) is 31.2 Å². The maximum absolute atomic E-state index is 11.3. The summed E-state index contributed by atoms with van der Waals surface area (Å²) in [6, 6.07) is 7.90. The summed E-state index contributed by atoms with van der Waals surface area (Å²) in [6.07, 6.45) is 1.37. The van der Waals surface area contributed by atoms with Gasteiger partial charge in [0, 0.05) is 12.2 Å². The molecule has 1 aromatic rings. The molecule has 6 heteroatoms. The zero-order valence-corrected chi connectivity index (χ0v) is 12.5. The predicted octanol–water partition coefficient (Wildman–Crippen LogP) is 1.55. The Hall–Kier alpha value is -1.56. The molecule has 0 spiro atoms. The van der Waals surface area contributed by atoms with Crippen molar-refractivity contribution in [3.8, 4) is 0 Å². The largest absolute Gasteiger partial charge is 0.370 e. The summed E-state index contributed by atoms with van der Waals surface area (Å²) in [7, 11) is -2.80. The van der Waals surface area contributed by atoms with E-state index in [4.69, 9.17) is 5.73 Å². The number of aryl methyl sites for hydroxylation is 1. The van der Waals surface area contributed by atoms with Gasteiger partial charge in [0.05, 0.1) is 11.5 Å². The molecule has 110 valence electrons. The van der Waals surface area contributed by atoms with Gasteiger partial charge in [-0.15, -0.1) is 0 Å². The Morgan fingerprint density at radius 3 is 2.50 bits per heavy atom. The van der Waals surface area contributed by atoms with Crippen molar-refractivity contribution in [1.82, 2.24) is 0 Å². The minimum absolute atomic E-state index is 0.276. The molecule has 1 saturated heterocycles. The SMILES string of the molecule is Cc1ccc(NC(N)=NCC2CCS(=O)(=O)CC2)cc1. The molecule has 0 amide bonds. The molecule has 1 fully saturated rings. The van der Waals surface area contributed by atoms with Gasteiger partial charge in [-0.2, -0.15) is 0 Å². The van der Waals surface area contributed by atoms with Gasteiger partial charge in [0.2, 0.25) is 0 Å². The lowest BCUT2D eigenvalue weighted by molar-refractivity contribution is 0.475. The van der Waals surface area contributed by atoms with Crippen molar-refractivity contribution in [3.63, 3.8) is 0 Å². The van der Waals surface area contributed by atoms with Gasteiger partial charge in [-0.3, -0.25) is 4.99 Å². The van der Waals surface area contributed by atoms with Crippen LogP contribution < -0.4 is 11.1 Å². The zero-order valence-electron chi connectivity index (χ0n) is 11.7. The van der Waals surface area contributed by atoms with Gasteiger partial charge in [-0.25, -0.2) is 8.42 Å². The molecule has 5 nitrogen and oxygen atoms in total. The van der Waals surface area contributed by atoms with E-state index in [1.165, 1.54) is 5.56 Å². The first-order valence-corrected chi connectivity index (χ1v) is 8.61. The van der Waals surface area contributed by atoms with Crippen LogP contribution in [0.2, 0.25) is 0 Å². The highest BCUT2D eigenvalue weighted by atomic mass is 32.2. The molecule has 3 N–H and O–H groups in total. The number of anilines is 1. The van der Waals surface area contributed by atoms with E-state index in [-0.39, 0.29) is 11.5 Å². The van der Waals surface area contributed by atoms with Gasteiger partial charge in [0.1, 0.15) is 9.84 Å². The number of hydrogen-bond donors (Lipinski definition) is 2. The van der Waals surface area contributed by atoms with E-state index in [1.54, 1.807) is 0 Å². The van der Waals surface area contributed by atoms with Crippen LogP contribution in [0.25, 0.3) is 0 Å². The van der Waals surface area contributed by atoms with Crippen molar-refractivity contribution >= 4 is 21.5 Å². The van der Waals surface area contributed by atoms with Crippen LogP contribution in [0.3, 0.4) is 0 Å². The Morgan fingerprint density at radius 1 is 1.30 bits per heavy atom. The number of nitrogens with two attached hydrogens (primary N) is 1. The van der Waals surface area contributed by atoms with Crippen LogP contribution in [0.4, 0.5) is 5.69 Å². The van der Waals surface area contributed by atoms with Crippen molar-refractivity contribution in [2.24, 2.45) is 16.6 Å². The molecule has 0 atom stereocenters. The number of sulfone groups is 1. The second kappa shape index (κ2) is 6.26. The normalized spacial score (nSPS) is 19.8. The molecule has 0 saturated carbocycles. The second-order valence-corrected chi connectivity index (χ2v) is 7.62. The van der Waals surface area contributed by atoms with Crippen LogP contribution in [0.5, 0.6) is 0 Å². The third kappa shape index (κ3) is 4.52. The molecule has 1 aliphatic heterocycles. The van der Waals surface area contributed by atoms with E-state index in [0.717, 1.165) is 5.69 Å². The molecule has 1 heterocycles.